The number of nitrogen functional groups attached to an aromatic ring is 1. The predicted octanol–water partition coefficient (Wildman–Crippen LogP) is 4.64. The highest BCUT2D eigenvalue weighted by Crippen LogP contribution is 2.49. The fraction of sp³-hybridized carbons (Fsp3) is 0.393. The lowest BCUT2D eigenvalue weighted by Crippen LogP contribution is -2.50. The fourth-order valence-corrected chi connectivity index (χ4v) is 5.33. The van der Waals surface area contributed by atoms with Gasteiger partial charge in [-0.2, -0.15) is 26.4 Å². The van der Waals surface area contributed by atoms with Crippen LogP contribution in [0.3, 0.4) is 0 Å². The average Bonchev–Trinajstić information content (AvgIpc) is 3.18. The molecule has 1 aliphatic heterocycles. The molecule has 1 unspecified atom stereocenters. The zero-order valence-electron chi connectivity index (χ0n) is 22.8. The number of anilines is 1. The van der Waals surface area contributed by atoms with Crippen molar-refractivity contribution in [1.82, 2.24) is 9.55 Å². The number of nitrogens with zero attached hydrogens (tertiary/aromatic N) is 5. The number of hydrogen-bond donors (Lipinski definition) is 2. The summed E-state index contributed by atoms with van der Waals surface area (Å²) in [5.74, 6) is -5.11. The highest BCUT2D eigenvalue weighted by molar-refractivity contribution is 7.81. The van der Waals surface area contributed by atoms with Gasteiger partial charge in [-0.15, -0.1) is 0 Å². The first-order valence-electron chi connectivity index (χ1n) is 13.0. The van der Waals surface area contributed by atoms with E-state index in [-0.39, 0.29) is 12.4 Å². The zero-order valence-corrected chi connectivity index (χ0v) is 23.7. The Morgan fingerprint density at radius 3 is 2.29 bits per heavy atom. The van der Waals surface area contributed by atoms with Gasteiger partial charge in [-0.1, -0.05) is 65.8 Å². The van der Waals surface area contributed by atoms with Crippen molar-refractivity contribution in [1.29, 1.82) is 0 Å². The second kappa shape index (κ2) is 12.5. The fourth-order valence-electron chi connectivity index (χ4n) is 5.01. The van der Waals surface area contributed by atoms with Gasteiger partial charge in [0, 0.05) is 22.4 Å². The van der Waals surface area contributed by atoms with Crippen molar-refractivity contribution in [3.8, 4) is 0 Å². The standard InChI is InChI=1S/C28H30F2N6O5S/c1-26(2,42)27(18-9-5-3-6-10-18,19-11-7-4-8-12-19)39-17-20-23(41-22(37)13-15-33-35-32)28(29,30)24(40-20)36-16-14-21(31)34-25(36)38/h3-12,14,16,20,23-24,42H,13,15,17H2,1-2H3,(H2,31,34,38)/t20-,23?,24-/m1/s1. The van der Waals surface area contributed by atoms with Crippen LogP contribution < -0.4 is 11.4 Å². The van der Waals surface area contributed by atoms with Crippen molar-refractivity contribution >= 4 is 24.4 Å². The molecule has 1 aromatic heterocycles. The lowest BCUT2D eigenvalue weighted by atomic mass is 9.76. The number of rotatable bonds is 11. The number of carbonyl (C=O) groups excluding carboxylic acids is 1. The van der Waals surface area contributed by atoms with Crippen molar-refractivity contribution in [3.05, 3.63) is 105 Å². The molecular weight excluding hydrogens is 570 g/mol. The first-order valence-corrected chi connectivity index (χ1v) is 13.4. The lowest BCUT2D eigenvalue weighted by Gasteiger charge is -2.45. The predicted molar refractivity (Wildman–Crippen MR) is 153 cm³/mol. The van der Waals surface area contributed by atoms with Gasteiger partial charge >= 0.3 is 17.6 Å². The Morgan fingerprint density at radius 2 is 1.76 bits per heavy atom. The average molecular weight is 601 g/mol. The summed E-state index contributed by atoms with van der Waals surface area (Å²) in [7, 11) is 0. The molecule has 0 bridgehead atoms. The van der Waals surface area contributed by atoms with Crippen molar-refractivity contribution in [2.24, 2.45) is 5.11 Å². The Balaban J connectivity index is 1.76. The SMILES string of the molecule is CC(C)(S)C(OC[C@H]1O[C@@H](n2ccc(N)nc2=O)C(F)(F)C1OC(=O)CCN=[N+]=[N-])(c1ccccc1)c1ccccc1. The van der Waals surface area contributed by atoms with E-state index in [1.54, 1.807) is 0 Å². The van der Waals surface area contributed by atoms with Gasteiger partial charge in [0.15, 0.2) is 6.10 Å². The number of nitrogens with two attached hydrogens (primary N) is 1. The summed E-state index contributed by atoms with van der Waals surface area (Å²) in [5.41, 5.74) is 13.1. The summed E-state index contributed by atoms with van der Waals surface area (Å²) in [5, 5.41) is 3.25. The van der Waals surface area contributed by atoms with Crippen LogP contribution in [0.5, 0.6) is 0 Å². The Kier molecular flexibility index (Phi) is 9.21. The van der Waals surface area contributed by atoms with E-state index in [0.717, 1.165) is 6.20 Å². The van der Waals surface area contributed by atoms with Gasteiger partial charge < -0.3 is 19.9 Å². The number of thiol groups is 1. The molecule has 0 amide bonds. The third-order valence-corrected chi connectivity index (χ3v) is 7.19. The number of carbonyl (C=O) groups is 1. The molecule has 2 aromatic carbocycles. The van der Waals surface area contributed by atoms with Crippen LogP contribution >= 0.6 is 12.6 Å². The van der Waals surface area contributed by atoms with Crippen LogP contribution in [-0.2, 0) is 24.6 Å². The molecule has 0 radical (unpaired) electrons. The van der Waals surface area contributed by atoms with Crippen molar-refractivity contribution in [3.63, 3.8) is 0 Å². The van der Waals surface area contributed by atoms with Gasteiger partial charge in [-0.3, -0.25) is 9.36 Å². The monoisotopic (exact) mass is 600 g/mol. The number of azide groups is 1. The van der Waals surface area contributed by atoms with E-state index < -0.39 is 59.4 Å². The van der Waals surface area contributed by atoms with Crippen molar-refractivity contribution in [2.75, 3.05) is 18.9 Å². The minimum Gasteiger partial charge on any atom is -0.453 e. The van der Waals surface area contributed by atoms with Crippen LogP contribution in [0.4, 0.5) is 14.6 Å². The molecule has 2 heterocycles. The normalized spacial score (nSPS) is 20.1. The molecule has 14 heteroatoms. The van der Waals surface area contributed by atoms with Crippen LogP contribution in [0.15, 0.2) is 82.8 Å². The molecule has 3 aromatic rings. The smallest absolute Gasteiger partial charge is 0.351 e. The van der Waals surface area contributed by atoms with Gasteiger partial charge in [-0.05, 0) is 36.6 Å². The molecular formula is C28H30F2N6O5S. The minimum atomic E-state index is -3.90. The molecule has 1 saturated heterocycles. The van der Waals surface area contributed by atoms with Gasteiger partial charge in [0.1, 0.15) is 17.5 Å². The zero-order chi connectivity index (χ0) is 30.5. The summed E-state index contributed by atoms with van der Waals surface area (Å²) in [6, 6.07) is 19.5. The number of halogens is 2. The van der Waals surface area contributed by atoms with E-state index >= 15 is 8.78 Å². The van der Waals surface area contributed by atoms with Crippen LogP contribution in [0.25, 0.3) is 10.4 Å². The molecule has 2 N–H and O–H groups in total. The van der Waals surface area contributed by atoms with E-state index in [4.69, 9.17) is 38.1 Å². The summed E-state index contributed by atoms with van der Waals surface area (Å²) < 4.78 is 49.1. The second-order valence-corrected chi connectivity index (χ2v) is 11.3. The van der Waals surface area contributed by atoms with Crippen LogP contribution in [-0.4, -0.2) is 51.5 Å². The first kappa shape index (κ1) is 31.0. The van der Waals surface area contributed by atoms with Crippen LogP contribution in [0, 0.1) is 0 Å². The molecule has 11 nitrogen and oxygen atoms in total. The maximum Gasteiger partial charge on any atom is 0.351 e. The minimum absolute atomic E-state index is 0.162. The van der Waals surface area contributed by atoms with Crippen LogP contribution in [0.1, 0.15) is 37.6 Å². The number of hydrogen-bond acceptors (Lipinski definition) is 9. The van der Waals surface area contributed by atoms with Crippen LogP contribution in [0.2, 0.25) is 0 Å². The summed E-state index contributed by atoms with van der Waals surface area (Å²) in [4.78, 5) is 31.1. The Morgan fingerprint density at radius 1 is 1.17 bits per heavy atom. The maximum atomic E-state index is 16.0. The van der Waals surface area contributed by atoms with Crippen molar-refractivity contribution in [2.45, 2.75) is 55.0 Å². The molecule has 0 spiro atoms. The third kappa shape index (κ3) is 6.12. The Hall–Kier alpha value is -3.97. The Bertz CT molecular complexity index is 1460. The van der Waals surface area contributed by atoms with E-state index in [9.17, 15) is 9.59 Å². The van der Waals surface area contributed by atoms with Gasteiger partial charge in [0.2, 0.25) is 6.23 Å². The summed E-state index contributed by atoms with van der Waals surface area (Å²) in [6.07, 6.45) is -5.31. The summed E-state index contributed by atoms with van der Waals surface area (Å²) in [6.45, 7) is 2.87. The highest BCUT2D eigenvalue weighted by atomic mass is 32.1. The van der Waals surface area contributed by atoms with Crippen molar-refractivity contribution < 1.29 is 27.8 Å². The topological polar surface area (TPSA) is 154 Å². The molecule has 3 atom stereocenters. The molecule has 0 aliphatic carbocycles. The van der Waals surface area contributed by atoms with E-state index in [1.807, 2.05) is 74.5 Å². The molecule has 222 valence electrons. The lowest BCUT2D eigenvalue weighted by molar-refractivity contribution is -0.177. The number of aromatic nitrogens is 2. The maximum absolute atomic E-state index is 16.0. The number of esters is 1. The highest BCUT2D eigenvalue weighted by Gasteiger charge is 2.63. The van der Waals surface area contributed by atoms with Gasteiger partial charge in [0.05, 0.1) is 13.0 Å². The summed E-state index contributed by atoms with van der Waals surface area (Å²) >= 11 is 4.89. The molecule has 4 rings (SSSR count). The van der Waals surface area contributed by atoms with E-state index in [1.165, 1.54) is 6.07 Å². The number of ether oxygens (including phenoxy) is 3. The van der Waals surface area contributed by atoms with E-state index in [2.05, 4.69) is 15.0 Å². The molecule has 1 aliphatic rings. The number of alkyl halides is 2. The largest absolute Gasteiger partial charge is 0.453 e. The van der Waals surface area contributed by atoms with Gasteiger partial charge in [-0.25, -0.2) is 4.79 Å². The van der Waals surface area contributed by atoms with Gasteiger partial charge in [0.25, 0.3) is 0 Å². The Labute approximate surface area is 245 Å². The number of benzene rings is 2. The van der Waals surface area contributed by atoms with E-state index in [0.29, 0.717) is 15.7 Å². The quantitative estimate of drug-likeness (QED) is 0.107. The molecule has 42 heavy (non-hydrogen) atoms. The third-order valence-electron chi connectivity index (χ3n) is 6.88. The molecule has 1 fully saturated rings. The first-order chi connectivity index (χ1) is 19.9. The molecule has 0 saturated carbocycles. The second-order valence-electron chi connectivity index (χ2n) is 10.1.